The Bertz CT molecular complexity index is 471. The van der Waals surface area contributed by atoms with E-state index in [4.69, 9.17) is 5.11 Å². The zero-order chi connectivity index (χ0) is 9.42. The lowest BCUT2D eigenvalue weighted by molar-refractivity contribution is 0.0691. The van der Waals surface area contributed by atoms with Crippen LogP contribution in [0.5, 0.6) is 0 Å². The fourth-order valence-electron chi connectivity index (χ4n) is 1.37. The highest BCUT2D eigenvalue weighted by atomic mass is 16.4. The van der Waals surface area contributed by atoms with E-state index < -0.39 is 5.97 Å². The lowest BCUT2D eigenvalue weighted by atomic mass is 10.2. The van der Waals surface area contributed by atoms with E-state index in [9.17, 15) is 4.79 Å². The summed E-state index contributed by atoms with van der Waals surface area (Å²) in [5.74, 6) is -0.922. The Morgan fingerprint density at radius 2 is 2.15 bits per heavy atom. The van der Waals surface area contributed by atoms with Crippen molar-refractivity contribution in [1.29, 1.82) is 0 Å². The number of carbonyl (C=O) groups is 1. The van der Waals surface area contributed by atoms with E-state index in [1.165, 1.54) is 0 Å². The van der Waals surface area contributed by atoms with Gasteiger partial charge in [-0.1, -0.05) is 11.6 Å². The Kier molecular flexibility index (Phi) is 1.59. The van der Waals surface area contributed by atoms with E-state index in [2.05, 4.69) is 4.98 Å². The van der Waals surface area contributed by atoms with Crippen LogP contribution < -0.4 is 0 Å². The zero-order valence-electron chi connectivity index (χ0n) is 7.16. The highest BCUT2D eigenvalue weighted by Gasteiger charge is 2.06. The molecule has 0 unspecified atom stereocenters. The summed E-state index contributed by atoms with van der Waals surface area (Å²) >= 11 is 0. The highest BCUT2D eigenvalue weighted by Crippen LogP contribution is 2.16. The van der Waals surface area contributed by atoms with Crippen LogP contribution in [0.25, 0.3) is 10.9 Å². The third-order valence-corrected chi connectivity index (χ3v) is 2.01. The number of aromatic amines is 1. The molecule has 3 heteroatoms. The molecule has 0 spiro atoms. The summed E-state index contributed by atoms with van der Waals surface area (Å²) in [4.78, 5) is 13.4. The molecule has 3 nitrogen and oxygen atoms in total. The van der Waals surface area contributed by atoms with Gasteiger partial charge in [-0.2, -0.15) is 0 Å². The fourth-order valence-corrected chi connectivity index (χ4v) is 1.37. The minimum absolute atomic E-state index is 0.237. The number of H-pyrrole nitrogens is 1. The maximum Gasteiger partial charge on any atom is 0.352 e. The summed E-state index contributed by atoms with van der Waals surface area (Å²) in [6.45, 7) is 1.98. The Balaban J connectivity index is 2.68. The van der Waals surface area contributed by atoms with Crippen LogP contribution in [0.15, 0.2) is 24.3 Å². The SMILES string of the molecule is Cc1ccc2[nH]c(C(=O)O)cc2c1. The van der Waals surface area contributed by atoms with Crippen molar-refractivity contribution in [3.63, 3.8) is 0 Å². The third kappa shape index (κ3) is 1.28. The number of fused-ring (bicyclic) bond motifs is 1. The van der Waals surface area contributed by atoms with Gasteiger partial charge in [0.05, 0.1) is 0 Å². The molecule has 66 valence electrons. The quantitative estimate of drug-likeness (QED) is 0.697. The number of benzene rings is 1. The predicted octanol–water partition coefficient (Wildman–Crippen LogP) is 2.17. The van der Waals surface area contributed by atoms with Gasteiger partial charge in [0.15, 0.2) is 0 Å². The van der Waals surface area contributed by atoms with Gasteiger partial charge < -0.3 is 10.1 Å². The number of hydrogen-bond acceptors (Lipinski definition) is 1. The maximum absolute atomic E-state index is 10.6. The first-order valence-electron chi connectivity index (χ1n) is 3.99. The average Bonchev–Trinajstić information content (AvgIpc) is 2.46. The molecule has 0 aliphatic carbocycles. The molecule has 0 amide bonds. The minimum Gasteiger partial charge on any atom is -0.477 e. The van der Waals surface area contributed by atoms with Gasteiger partial charge in [0.2, 0.25) is 0 Å². The predicted molar refractivity (Wildman–Crippen MR) is 50.0 cm³/mol. The number of aryl methyl sites for hydroxylation is 1. The molecule has 0 aliphatic heterocycles. The number of aromatic nitrogens is 1. The molecular formula is C10H9NO2. The molecular weight excluding hydrogens is 166 g/mol. The Morgan fingerprint density at radius 3 is 2.85 bits per heavy atom. The van der Waals surface area contributed by atoms with Crippen LogP contribution >= 0.6 is 0 Å². The van der Waals surface area contributed by atoms with Gasteiger partial charge >= 0.3 is 5.97 Å². The van der Waals surface area contributed by atoms with Crippen molar-refractivity contribution in [3.05, 3.63) is 35.5 Å². The van der Waals surface area contributed by atoms with Crippen molar-refractivity contribution in [2.24, 2.45) is 0 Å². The van der Waals surface area contributed by atoms with Gasteiger partial charge in [-0.05, 0) is 25.1 Å². The Morgan fingerprint density at radius 1 is 1.38 bits per heavy atom. The monoisotopic (exact) mass is 175 g/mol. The van der Waals surface area contributed by atoms with E-state index in [0.29, 0.717) is 0 Å². The summed E-state index contributed by atoms with van der Waals surface area (Å²) in [5, 5.41) is 9.67. The molecule has 13 heavy (non-hydrogen) atoms. The van der Waals surface area contributed by atoms with Crippen molar-refractivity contribution in [2.75, 3.05) is 0 Å². The van der Waals surface area contributed by atoms with Gasteiger partial charge in [-0.15, -0.1) is 0 Å². The fraction of sp³-hybridized carbons (Fsp3) is 0.100. The topological polar surface area (TPSA) is 53.1 Å². The highest BCUT2D eigenvalue weighted by molar-refractivity contribution is 5.93. The van der Waals surface area contributed by atoms with Crippen LogP contribution in [0, 0.1) is 6.92 Å². The molecule has 0 saturated heterocycles. The van der Waals surface area contributed by atoms with Crippen LogP contribution in [-0.4, -0.2) is 16.1 Å². The van der Waals surface area contributed by atoms with E-state index in [1.54, 1.807) is 6.07 Å². The van der Waals surface area contributed by atoms with Gasteiger partial charge in [0, 0.05) is 10.9 Å². The molecule has 2 N–H and O–H groups in total. The molecule has 2 aromatic rings. The number of hydrogen-bond donors (Lipinski definition) is 2. The number of aromatic carboxylic acids is 1. The maximum atomic E-state index is 10.6. The molecule has 0 fully saturated rings. The standard InChI is InChI=1S/C10H9NO2/c1-6-2-3-8-7(4-6)5-9(11-8)10(12)13/h2-5,11H,1H3,(H,12,13). The smallest absolute Gasteiger partial charge is 0.352 e. The summed E-state index contributed by atoms with van der Waals surface area (Å²) in [5.41, 5.74) is 2.23. The van der Waals surface area contributed by atoms with Crippen molar-refractivity contribution in [2.45, 2.75) is 6.92 Å². The van der Waals surface area contributed by atoms with E-state index in [0.717, 1.165) is 16.5 Å². The number of carboxylic acid groups (broad SMARTS) is 1. The lowest BCUT2D eigenvalue weighted by Gasteiger charge is -1.90. The van der Waals surface area contributed by atoms with Crippen LogP contribution in [0.3, 0.4) is 0 Å². The van der Waals surface area contributed by atoms with Crippen molar-refractivity contribution >= 4 is 16.9 Å². The Hall–Kier alpha value is -1.77. The second-order valence-corrected chi connectivity index (χ2v) is 3.08. The molecule has 0 atom stereocenters. The molecule has 0 radical (unpaired) electrons. The minimum atomic E-state index is -0.922. The second kappa shape index (κ2) is 2.62. The largest absolute Gasteiger partial charge is 0.477 e. The molecule has 1 heterocycles. The first-order valence-corrected chi connectivity index (χ1v) is 3.99. The molecule has 1 aromatic carbocycles. The molecule has 0 saturated carbocycles. The molecule has 0 bridgehead atoms. The summed E-state index contributed by atoms with van der Waals surface area (Å²) in [6.07, 6.45) is 0. The van der Waals surface area contributed by atoms with Crippen LogP contribution in [-0.2, 0) is 0 Å². The summed E-state index contributed by atoms with van der Waals surface area (Å²) in [7, 11) is 0. The van der Waals surface area contributed by atoms with Gasteiger partial charge in [-0.25, -0.2) is 4.79 Å². The second-order valence-electron chi connectivity index (χ2n) is 3.08. The zero-order valence-corrected chi connectivity index (χ0v) is 7.16. The van der Waals surface area contributed by atoms with Gasteiger partial charge in [0.1, 0.15) is 5.69 Å². The number of nitrogens with one attached hydrogen (secondary N) is 1. The van der Waals surface area contributed by atoms with Gasteiger partial charge in [-0.3, -0.25) is 0 Å². The molecule has 0 aliphatic rings. The van der Waals surface area contributed by atoms with Crippen LogP contribution in [0.4, 0.5) is 0 Å². The summed E-state index contributed by atoms with van der Waals surface area (Å²) < 4.78 is 0. The van der Waals surface area contributed by atoms with Crippen LogP contribution in [0.1, 0.15) is 16.1 Å². The third-order valence-electron chi connectivity index (χ3n) is 2.01. The normalized spacial score (nSPS) is 10.5. The van der Waals surface area contributed by atoms with Crippen molar-refractivity contribution < 1.29 is 9.90 Å². The van der Waals surface area contributed by atoms with E-state index in [-0.39, 0.29) is 5.69 Å². The summed E-state index contributed by atoms with van der Waals surface area (Å²) in [6, 6.07) is 7.44. The molecule has 1 aromatic heterocycles. The average molecular weight is 175 g/mol. The van der Waals surface area contributed by atoms with E-state index in [1.807, 2.05) is 25.1 Å². The molecule has 2 rings (SSSR count). The van der Waals surface area contributed by atoms with Crippen LogP contribution in [0.2, 0.25) is 0 Å². The first-order chi connectivity index (χ1) is 6.16. The van der Waals surface area contributed by atoms with Crippen molar-refractivity contribution in [1.82, 2.24) is 4.98 Å². The van der Waals surface area contributed by atoms with Gasteiger partial charge in [0.25, 0.3) is 0 Å². The Labute approximate surface area is 75.0 Å². The van der Waals surface area contributed by atoms with Crippen molar-refractivity contribution in [3.8, 4) is 0 Å². The number of rotatable bonds is 1. The van der Waals surface area contributed by atoms with E-state index >= 15 is 0 Å². The first kappa shape index (κ1) is 7.86. The lowest BCUT2D eigenvalue weighted by Crippen LogP contribution is -1.94. The number of carboxylic acids is 1.